The molecule has 1 amide bonds. The van der Waals surface area contributed by atoms with E-state index in [2.05, 4.69) is 10.3 Å². The number of H-pyrrole nitrogens is 1. The Morgan fingerprint density at radius 2 is 2.11 bits per heavy atom. The van der Waals surface area contributed by atoms with Crippen molar-refractivity contribution in [3.05, 3.63) is 48.3 Å². The van der Waals surface area contributed by atoms with Gasteiger partial charge in [-0.3, -0.25) is 4.79 Å². The number of carbonyl (C=O) groups excluding carboxylic acids is 1. The lowest BCUT2D eigenvalue weighted by atomic mass is 10.2. The van der Waals surface area contributed by atoms with Gasteiger partial charge in [-0.1, -0.05) is 12.1 Å². The lowest BCUT2D eigenvalue weighted by Gasteiger charge is -2.09. The molecule has 0 saturated carbocycles. The number of aryl methyl sites for hydroxylation is 1. The number of rotatable bonds is 5. The van der Waals surface area contributed by atoms with Crippen molar-refractivity contribution in [2.45, 2.75) is 12.8 Å². The van der Waals surface area contributed by atoms with E-state index in [1.165, 1.54) is 0 Å². The Morgan fingerprint density at radius 1 is 1.28 bits per heavy atom. The lowest BCUT2D eigenvalue weighted by molar-refractivity contribution is -0.116. The van der Waals surface area contributed by atoms with Crippen LogP contribution in [0.2, 0.25) is 0 Å². The molecule has 1 aromatic heterocycles. The predicted octanol–water partition coefficient (Wildman–Crippen LogP) is 2.59. The molecule has 94 valence electrons. The fourth-order valence-corrected chi connectivity index (χ4v) is 1.73. The number of aromatic amines is 1. The largest absolute Gasteiger partial charge is 0.495 e. The van der Waals surface area contributed by atoms with Crippen molar-refractivity contribution in [1.29, 1.82) is 0 Å². The van der Waals surface area contributed by atoms with Crippen LogP contribution in [-0.4, -0.2) is 18.0 Å². The van der Waals surface area contributed by atoms with E-state index in [4.69, 9.17) is 4.74 Å². The highest BCUT2D eigenvalue weighted by atomic mass is 16.5. The molecular formula is C14H16N2O2. The minimum atomic E-state index is -0.0194. The van der Waals surface area contributed by atoms with Crippen molar-refractivity contribution >= 4 is 11.6 Å². The average Bonchev–Trinajstić information content (AvgIpc) is 2.90. The predicted molar refractivity (Wildman–Crippen MR) is 70.7 cm³/mol. The normalized spacial score (nSPS) is 10.1. The van der Waals surface area contributed by atoms with Gasteiger partial charge in [0.15, 0.2) is 0 Å². The van der Waals surface area contributed by atoms with Gasteiger partial charge < -0.3 is 15.0 Å². The van der Waals surface area contributed by atoms with Crippen LogP contribution in [0, 0.1) is 0 Å². The van der Waals surface area contributed by atoms with E-state index in [0.717, 1.165) is 5.69 Å². The van der Waals surface area contributed by atoms with E-state index in [0.29, 0.717) is 24.3 Å². The van der Waals surface area contributed by atoms with Crippen LogP contribution in [0.15, 0.2) is 42.6 Å². The molecule has 4 heteroatoms. The van der Waals surface area contributed by atoms with Crippen molar-refractivity contribution in [3.63, 3.8) is 0 Å². The molecule has 1 heterocycles. The Labute approximate surface area is 106 Å². The van der Waals surface area contributed by atoms with Gasteiger partial charge in [-0.25, -0.2) is 0 Å². The van der Waals surface area contributed by atoms with E-state index in [9.17, 15) is 4.79 Å². The highest BCUT2D eigenvalue weighted by Gasteiger charge is 2.07. The maximum Gasteiger partial charge on any atom is 0.224 e. The summed E-state index contributed by atoms with van der Waals surface area (Å²) in [5.74, 6) is 0.653. The molecule has 0 aliphatic rings. The molecular weight excluding hydrogens is 228 g/mol. The summed E-state index contributed by atoms with van der Waals surface area (Å²) in [6, 6.07) is 11.3. The first-order chi connectivity index (χ1) is 8.79. The van der Waals surface area contributed by atoms with Gasteiger partial charge in [-0.15, -0.1) is 0 Å². The van der Waals surface area contributed by atoms with Gasteiger partial charge >= 0.3 is 0 Å². The maximum absolute atomic E-state index is 11.8. The first-order valence-corrected chi connectivity index (χ1v) is 5.84. The smallest absolute Gasteiger partial charge is 0.224 e. The standard InChI is InChI=1S/C14H16N2O2/c1-18-13-7-3-2-6-12(13)16-14(17)9-8-11-5-4-10-15-11/h2-7,10,15H,8-9H2,1H3,(H,16,17). The van der Waals surface area contributed by atoms with Crippen LogP contribution in [0.3, 0.4) is 0 Å². The van der Waals surface area contributed by atoms with Crippen molar-refractivity contribution in [2.75, 3.05) is 12.4 Å². The monoisotopic (exact) mass is 244 g/mol. The number of anilines is 1. The molecule has 2 rings (SSSR count). The molecule has 1 aromatic carbocycles. The summed E-state index contributed by atoms with van der Waals surface area (Å²) in [6.07, 6.45) is 3.00. The Hall–Kier alpha value is -2.23. The summed E-state index contributed by atoms with van der Waals surface area (Å²) < 4.78 is 5.18. The topological polar surface area (TPSA) is 54.1 Å². The molecule has 2 N–H and O–H groups in total. The number of methoxy groups -OCH3 is 1. The van der Waals surface area contributed by atoms with Gasteiger partial charge in [0.05, 0.1) is 12.8 Å². The zero-order valence-electron chi connectivity index (χ0n) is 10.3. The van der Waals surface area contributed by atoms with Gasteiger partial charge in [-0.05, 0) is 30.7 Å². The number of ether oxygens (including phenoxy) is 1. The third-order valence-corrected chi connectivity index (χ3v) is 2.66. The molecule has 0 radical (unpaired) electrons. The molecule has 0 spiro atoms. The van der Waals surface area contributed by atoms with Crippen LogP contribution >= 0.6 is 0 Å². The molecule has 0 fully saturated rings. The molecule has 18 heavy (non-hydrogen) atoms. The van der Waals surface area contributed by atoms with Crippen LogP contribution in [0.1, 0.15) is 12.1 Å². The van der Waals surface area contributed by atoms with Crippen LogP contribution < -0.4 is 10.1 Å². The van der Waals surface area contributed by atoms with Gasteiger partial charge in [0.25, 0.3) is 0 Å². The highest BCUT2D eigenvalue weighted by molar-refractivity contribution is 5.92. The van der Waals surface area contributed by atoms with E-state index in [1.54, 1.807) is 7.11 Å². The minimum Gasteiger partial charge on any atom is -0.495 e. The molecule has 0 unspecified atom stereocenters. The third kappa shape index (κ3) is 3.13. The first kappa shape index (κ1) is 12.2. The first-order valence-electron chi connectivity index (χ1n) is 5.84. The molecule has 2 aromatic rings. The van der Waals surface area contributed by atoms with E-state index in [1.807, 2.05) is 42.6 Å². The fourth-order valence-electron chi connectivity index (χ4n) is 1.73. The van der Waals surface area contributed by atoms with E-state index < -0.39 is 0 Å². The highest BCUT2D eigenvalue weighted by Crippen LogP contribution is 2.23. The summed E-state index contributed by atoms with van der Waals surface area (Å²) in [7, 11) is 1.59. The molecule has 0 atom stereocenters. The summed E-state index contributed by atoms with van der Waals surface area (Å²) in [5, 5.41) is 2.85. The number of hydrogen-bond acceptors (Lipinski definition) is 2. The number of nitrogens with one attached hydrogen (secondary N) is 2. The zero-order chi connectivity index (χ0) is 12.8. The number of hydrogen-bond donors (Lipinski definition) is 2. The Balaban J connectivity index is 1.90. The van der Waals surface area contributed by atoms with E-state index in [-0.39, 0.29) is 5.91 Å². The minimum absolute atomic E-state index is 0.0194. The Kier molecular flexibility index (Phi) is 4.02. The van der Waals surface area contributed by atoms with Gasteiger partial charge in [0.2, 0.25) is 5.91 Å². The van der Waals surface area contributed by atoms with Gasteiger partial charge in [0, 0.05) is 18.3 Å². The summed E-state index contributed by atoms with van der Waals surface area (Å²) >= 11 is 0. The second-order valence-corrected chi connectivity index (χ2v) is 3.94. The lowest BCUT2D eigenvalue weighted by Crippen LogP contribution is -2.13. The SMILES string of the molecule is COc1ccccc1NC(=O)CCc1ccc[nH]1. The molecule has 0 aliphatic carbocycles. The number of benzene rings is 1. The Morgan fingerprint density at radius 3 is 2.83 bits per heavy atom. The summed E-state index contributed by atoms with van der Waals surface area (Å²) in [5.41, 5.74) is 1.77. The number of aromatic nitrogens is 1. The molecule has 0 saturated heterocycles. The number of carbonyl (C=O) groups is 1. The second-order valence-electron chi connectivity index (χ2n) is 3.94. The van der Waals surface area contributed by atoms with Crippen molar-refractivity contribution in [2.24, 2.45) is 0 Å². The van der Waals surface area contributed by atoms with Crippen LogP contribution in [0.5, 0.6) is 5.75 Å². The van der Waals surface area contributed by atoms with Crippen LogP contribution in [0.4, 0.5) is 5.69 Å². The van der Waals surface area contributed by atoms with E-state index >= 15 is 0 Å². The number of amides is 1. The fraction of sp³-hybridized carbons (Fsp3) is 0.214. The third-order valence-electron chi connectivity index (χ3n) is 2.66. The second kappa shape index (κ2) is 5.91. The molecule has 4 nitrogen and oxygen atoms in total. The van der Waals surface area contributed by atoms with Crippen LogP contribution in [0.25, 0.3) is 0 Å². The maximum atomic E-state index is 11.8. The van der Waals surface area contributed by atoms with Gasteiger partial charge in [-0.2, -0.15) is 0 Å². The molecule has 0 bridgehead atoms. The van der Waals surface area contributed by atoms with Gasteiger partial charge in [0.1, 0.15) is 5.75 Å². The van der Waals surface area contributed by atoms with Crippen molar-refractivity contribution < 1.29 is 9.53 Å². The number of para-hydroxylation sites is 2. The quantitative estimate of drug-likeness (QED) is 0.849. The van der Waals surface area contributed by atoms with Crippen molar-refractivity contribution in [3.8, 4) is 5.75 Å². The van der Waals surface area contributed by atoms with Crippen LogP contribution in [-0.2, 0) is 11.2 Å². The zero-order valence-corrected chi connectivity index (χ0v) is 10.3. The summed E-state index contributed by atoms with van der Waals surface area (Å²) in [4.78, 5) is 14.9. The average molecular weight is 244 g/mol. The van der Waals surface area contributed by atoms with Crippen molar-refractivity contribution in [1.82, 2.24) is 4.98 Å². The Bertz CT molecular complexity index is 506. The summed E-state index contributed by atoms with van der Waals surface area (Å²) in [6.45, 7) is 0. The molecule has 0 aliphatic heterocycles.